The zero-order chi connectivity index (χ0) is 14.8. The molecule has 0 atom stereocenters. The number of Topliss-reactive ketones (excluding diaryl/α,β-unsaturated/α-hetero) is 1. The Bertz CT molecular complexity index is 813. The van der Waals surface area contributed by atoms with Crippen LogP contribution in [0.2, 0.25) is 0 Å². The first kappa shape index (κ1) is 13.2. The van der Waals surface area contributed by atoms with Crippen molar-refractivity contribution in [3.63, 3.8) is 0 Å². The zero-order valence-corrected chi connectivity index (χ0v) is 11.4. The minimum absolute atomic E-state index is 0.0259. The second kappa shape index (κ2) is 5.32. The van der Waals surface area contributed by atoms with Gasteiger partial charge in [0.25, 0.3) is 0 Å². The van der Waals surface area contributed by atoms with Crippen molar-refractivity contribution in [1.82, 2.24) is 4.98 Å². The first-order valence-electron chi connectivity index (χ1n) is 6.56. The van der Waals surface area contributed by atoms with E-state index in [9.17, 15) is 9.18 Å². The number of rotatable bonds is 3. The van der Waals surface area contributed by atoms with Crippen molar-refractivity contribution in [2.45, 2.75) is 6.92 Å². The number of fused-ring (bicyclic) bond motifs is 1. The molecule has 0 aliphatic carbocycles. The molecule has 0 spiro atoms. The molecule has 4 heteroatoms. The third-order valence-electron chi connectivity index (χ3n) is 3.27. The summed E-state index contributed by atoms with van der Waals surface area (Å²) in [6.07, 6.45) is 1.67. The predicted molar refractivity (Wildman–Crippen MR) is 81.4 cm³/mol. The first-order valence-corrected chi connectivity index (χ1v) is 6.56. The normalized spacial score (nSPS) is 10.6. The Kier molecular flexibility index (Phi) is 3.36. The van der Waals surface area contributed by atoms with Crippen LogP contribution in [0, 0.1) is 5.82 Å². The Balaban J connectivity index is 1.97. The van der Waals surface area contributed by atoms with Crippen LogP contribution in [0.25, 0.3) is 10.9 Å². The average Bonchev–Trinajstić information content (AvgIpc) is 2.48. The number of benzene rings is 2. The summed E-state index contributed by atoms with van der Waals surface area (Å²) in [5, 5.41) is 3.94. The highest BCUT2D eigenvalue weighted by atomic mass is 19.1. The van der Waals surface area contributed by atoms with Gasteiger partial charge < -0.3 is 5.32 Å². The van der Waals surface area contributed by atoms with E-state index in [1.807, 2.05) is 12.1 Å². The second-order valence-corrected chi connectivity index (χ2v) is 4.78. The summed E-state index contributed by atoms with van der Waals surface area (Å²) in [4.78, 5) is 15.5. The number of nitrogens with zero attached hydrogens (tertiary/aromatic N) is 1. The number of halogens is 1. The van der Waals surface area contributed by atoms with Gasteiger partial charge in [-0.15, -0.1) is 0 Å². The van der Waals surface area contributed by atoms with Crippen LogP contribution in [-0.4, -0.2) is 10.8 Å². The number of carbonyl (C=O) groups excluding carboxylic acids is 1. The fourth-order valence-corrected chi connectivity index (χ4v) is 2.17. The molecule has 0 saturated heterocycles. The molecule has 0 unspecified atom stereocenters. The van der Waals surface area contributed by atoms with Gasteiger partial charge in [-0.25, -0.2) is 4.39 Å². The molecular weight excluding hydrogens is 267 g/mol. The van der Waals surface area contributed by atoms with E-state index < -0.39 is 0 Å². The molecule has 0 aliphatic heterocycles. The zero-order valence-electron chi connectivity index (χ0n) is 11.4. The van der Waals surface area contributed by atoms with Crippen LogP contribution < -0.4 is 5.32 Å². The molecule has 2 aromatic carbocycles. The van der Waals surface area contributed by atoms with Gasteiger partial charge in [0.1, 0.15) is 5.82 Å². The molecule has 21 heavy (non-hydrogen) atoms. The topological polar surface area (TPSA) is 42.0 Å². The fraction of sp³-hybridized carbons (Fsp3) is 0.0588. The van der Waals surface area contributed by atoms with Gasteiger partial charge in [-0.05, 0) is 55.5 Å². The quantitative estimate of drug-likeness (QED) is 0.726. The molecule has 104 valence electrons. The van der Waals surface area contributed by atoms with E-state index in [1.54, 1.807) is 30.5 Å². The number of aromatic nitrogens is 1. The van der Waals surface area contributed by atoms with Crippen LogP contribution in [-0.2, 0) is 0 Å². The molecule has 1 N–H and O–H groups in total. The standard InChI is InChI=1S/C17H13FN2O/c1-11(21)12-2-5-14(6-3-12)20-17-8-9-19-16-7-4-13(18)10-15(16)17/h2-10H,1H3,(H,19,20). The summed E-state index contributed by atoms with van der Waals surface area (Å²) < 4.78 is 13.4. The van der Waals surface area contributed by atoms with Gasteiger partial charge in [-0.2, -0.15) is 0 Å². The van der Waals surface area contributed by atoms with E-state index in [0.717, 1.165) is 16.9 Å². The molecule has 3 nitrogen and oxygen atoms in total. The largest absolute Gasteiger partial charge is 0.355 e. The summed E-state index contributed by atoms with van der Waals surface area (Å²) in [6, 6.07) is 13.4. The van der Waals surface area contributed by atoms with E-state index >= 15 is 0 Å². The van der Waals surface area contributed by atoms with Crippen LogP contribution >= 0.6 is 0 Å². The molecule has 0 bridgehead atoms. The van der Waals surface area contributed by atoms with Crippen LogP contribution in [0.1, 0.15) is 17.3 Å². The van der Waals surface area contributed by atoms with Gasteiger partial charge in [-0.1, -0.05) is 0 Å². The van der Waals surface area contributed by atoms with Crippen LogP contribution in [0.3, 0.4) is 0 Å². The van der Waals surface area contributed by atoms with Crippen LogP contribution in [0.15, 0.2) is 54.7 Å². The molecule has 3 aromatic rings. The van der Waals surface area contributed by atoms with Gasteiger partial charge in [0.15, 0.2) is 5.78 Å². The number of hydrogen-bond acceptors (Lipinski definition) is 3. The number of nitrogens with one attached hydrogen (secondary N) is 1. The van der Waals surface area contributed by atoms with Gasteiger partial charge in [0.2, 0.25) is 0 Å². The monoisotopic (exact) mass is 280 g/mol. The SMILES string of the molecule is CC(=O)c1ccc(Nc2ccnc3ccc(F)cc23)cc1. The van der Waals surface area contributed by atoms with Crippen LogP contribution in [0.5, 0.6) is 0 Å². The second-order valence-electron chi connectivity index (χ2n) is 4.78. The number of carbonyl (C=O) groups is 1. The van der Waals surface area contributed by atoms with Gasteiger partial charge >= 0.3 is 0 Å². The average molecular weight is 280 g/mol. The van der Waals surface area contributed by atoms with E-state index in [4.69, 9.17) is 0 Å². The molecule has 0 amide bonds. The maximum absolute atomic E-state index is 13.4. The summed E-state index contributed by atoms with van der Waals surface area (Å²) in [5.74, 6) is -0.275. The number of anilines is 2. The number of pyridine rings is 1. The molecule has 0 fully saturated rings. The van der Waals surface area contributed by atoms with E-state index in [0.29, 0.717) is 10.9 Å². The lowest BCUT2D eigenvalue weighted by Gasteiger charge is -2.10. The van der Waals surface area contributed by atoms with Gasteiger partial charge in [-0.3, -0.25) is 9.78 Å². The smallest absolute Gasteiger partial charge is 0.159 e. The van der Waals surface area contributed by atoms with Crippen molar-refractivity contribution in [2.75, 3.05) is 5.32 Å². The van der Waals surface area contributed by atoms with Crippen molar-refractivity contribution in [3.05, 3.63) is 66.1 Å². The molecule has 0 saturated carbocycles. The van der Waals surface area contributed by atoms with E-state index in [-0.39, 0.29) is 11.6 Å². The third-order valence-corrected chi connectivity index (χ3v) is 3.27. The first-order chi connectivity index (χ1) is 10.1. The molecule has 3 rings (SSSR count). The van der Waals surface area contributed by atoms with Crippen molar-refractivity contribution in [3.8, 4) is 0 Å². The van der Waals surface area contributed by atoms with Crippen molar-refractivity contribution in [2.24, 2.45) is 0 Å². The lowest BCUT2D eigenvalue weighted by Crippen LogP contribution is -1.95. The van der Waals surface area contributed by atoms with E-state index in [2.05, 4.69) is 10.3 Å². The fourth-order valence-electron chi connectivity index (χ4n) is 2.17. The minimum Gasteiger partial charge on any atom is -0.355 e. The van der Waals surface area contributed by atoms with Crippen molar-refractivity contribution >= 4 is 28.1 Å². The Hall–Kier alpha value is -2.75. The highest BCUT2D eigenvalue weighted by molar-refractivity contribution is 5.95. The van der Waals surface area contributed by atoms with Crippen molar-refractivity contribution < 1.29 is 9.18 Å². The summed E-state index contributed by atoms with van der Waals surface area (Å²) in [6.45, 7) is 1.53. The van der Waals surface area contributed by atoms with Crippen molar-refractivity contribution in [1.29, 1.82) is 0 Å². The van der Waals surface area contributed by atoms with E-state index in [1.165, 1.54) is 19.1 Å². The highest BCUT2D eigenvalue weighted by Crippen LogP contribution is 2.25. The molecular formula is C17H13FN2O. The Morgan fingerprint density at radius 3 is 2.57 bits per heavy atom. The Labute approximate surface area is 121 Å². The highest BCUT2D eigenvalue weighted by Gasteiger charge is 2.04. The number of hydrogen-bond donors (Lipinski definition) is 1. The third kappa shape index (κ3) is 2.74. The lowest BCUT2D eigenvalue weighted by molar-refractivity contribution is 0.101. The van der Waals surface area contributed by atoms with Gasteiger partial charge in [0, 0.05) is 28.5 Å². The summed E-state index contributed by atoms with van der Waals surface area (Å²) >= 11 is 0. The predicted octanol–water partition coefficient (Wildman–Crippen LogP) is 4.32. The van der Waals surface area contributed by atoms with Crippen LogP contribution in [0.4, 0.5) is 15.8 Å². The Morgan fingerprint density at radius 2 is 1.86 bits per heavy atom. The van der Waals surface area contributed by atoms with Gasteiger partial charge in [0.05, 0.1) is 5.52 Å². The summed E-state index contributed by atoms with van der Waals surface area (Å²) in [5.41, 5.74) is 2.99. The molecule has 0 aliphatic rings. The summed E-state index contributed by atoms with van der Waals surface area (Å²) in [7, 11) is 0. The Morgan fingerprint density at radius 1 is 1.10 bits per heavy atom. The lowest BCUT2D eigenvalue weighted by atomic mass is 10.1. The molecule has 0 radical (unpaired) electrons. The molecule has 1 heterocycles. The maximum Gasteiger partial charge on any atom is 0.159 e. The number of ketones is 1. The maximum atomic E-state index is 13.4. The molecule has 1 aromatic heterocycles. The minimum atomic E-state index is -0.300.